The van der Waals surface area contributed by atoms with Gasteiger partial charge < -0.3 is 30.9 Å². The second kappa shape index (κ2) is 4.90. The number of aromatic nitrogens is 4. The van der Waals surface area contributed by atoms with Gasteiger partial charge in [-0.2, -0.15) is 15.2 Å². The molecule has 2 aliphatic rings. The Hall–Kier alpha value is -2.85. The van der Waals surface area contributed by atoms with Crippen LogP contribution in [0.1, 0.15) is 25.9 Å². The zero-order valence-corrected chi connectivity index (χ0v) is 14.2. The molecule has 0 aromatic carbocycles. The second-order valence-corrected chi connectivity index (χ2v) is 7.22. The van der Waals surface area contributed by atoms with Crippen LogP contribution in [0.25, 0.3) is 11.2 Å². The van der Waals surface area contributed by atoms with E-state index >= 15 is 0 Å². The molecule has 5 atom stereocenters. The smallest absolute Gasteiger partial charge is 0.335 e. The first-order valence-electron chi connectivity index (χ1n) is 7.93. The van der Waals surface area contributed by atoms with E-state index in [4.69, 9.17) is 20.8 Å². The van der Waals surface area contributed by atoms with Gasteiger partial charge in [-0.3, -0.25) is 4.57 Å². The van der Waals surface area contributed by atoms with Crippen molar-refractivity contribution in [2.75, 3.05) is 5.73 Å². The van der Waals surface area contributed by atoms with Crippen LogP contribution in [0, 0.1) is 16.7 Å². The maximum atomic E-state index is 11.2. The third-order valence-corrected chi connectivity index (χ3v) is 5.81. The Balaban J connectivity index is 1.89. The summed E-state index contributed by atoms with van der Waals surface area (Å²) in [4.78, 5) is 23.1. The van der Waals surface area contributed by atoms with E-state index in [-0.39, 0.29) is 22.8 Å². The fourth-order valence-electron chi connectivity index (χ4n) is 4.16. The molecule has 0 amide bonds. The number of aliphatic carboxylic acids is 1. The molecule has 2 fully saturated rings. The number of carboxylic acid groups (broad SMARTS) is 1. The molecule has 6 N–H and O–H groups in total. The maximum Gasteiger partial charge on any atom is 0.335 e. The molecule has 1 aliphatic carbocycles. The number of carbonyl (C=O) groups is 1. The molecule has 1 aliphatic heterocycles. The number of aliphatic hydroxyl groups is 3. The number of anilines is 1. The highest BCUT2D eigenvalue weighted by Crippen LogP contribution is 2.75. The topological polar surface area (TPSA) is 201 Å². The van der Waals surface area contributed by atoms with Crippen LogP contribution in [-0.4, -0.2) is 69.3 Å². The van der Waals surface area contributed by atoms with E-state index in [2.05, 4.69) is 15.0 Å². The quantitative estimate of drug-likeness (QED) is 0.401. The normalized spacial score (nSPS) is 34.8. The largest absolute Gasteiger partial charge is 0.479 e. The van der Waals surface area contributed by atoms with Crippen LogP contribution in [0.4, 0.5) is 5.82 Å². The number of nitrogens with zero attached hydrogens (tertiary/aromatic N) is 5. The van der Waals surface area contributed by atoms with Crippen molar-refractivity contribution in [3.8, 4) is 6.07 Å². The van der Waals surface area contributed by atoms with Gasteiger partial charge in [0.2, 0.25) is 5.82 Å². The van der Waals surface area contributed by atoms with E-state index in [0.29, 0.717) is 0 Å². The highest BCUT2D eigenvalue weighted by Gasteiger charge is 2.93. The fourth-order valence-corrected chi connectivity index (χ4v) is 4.16. The summed E-state index contributed by atoms with van der Waals surface area (Å²) in [6, 6.07) is 1.75. The Morgan fingerprint density at radius 2 is 2.07 bits per heavy atom. The van der Waals surface area contributed by atoms with Crippen molar-refractivity contribution in [3.05, 3.63) is 12.2 Å². The minimum Gasteiger partial charge on any atom is -0.479 e. The average molecular weight is 376 g/mol. The predicted octanol–water partition coefficient (Wildman–Crippen LogP) is -1.87. The van der Waals surface area contributed by atoms with Crippen LogP contribution in [0.3, 0.4) is 0 Å². The number of ether oxygens (including phenoxy) is 1. The van der Waals surface area contributed by atoms with Crippen LogP contribution < -0.4 is 5.73 Å². The van der Waals surface area contributed by atoms with Crippen molar-refractivity contribution < 1.29 is 30.0 Å². The van der Waals surface area contributed by atoms with Crippen molar-refractivity contribution in [2.45, 2.75) is 43.5 Å². The molecule has 1 saturated carbocycles. The fraction of sp³-hybridized carbons (Fsp3) is 0.533. The summed E-state index contributed by atoms with van der Waals surface area (Å²) >= 11 is 0. The lowest BCUT2D eigenvalue weighted by Gasteiger charge is -2.28. The van der Waals surface area contributed by atoms with Crippen molar-refractivity contribution in [3.63, 3.8) is 0 Å². The Labute approximate surface area is 151 Å². The van der Waals surface area contributed by atoms with Crippen LogP contribution in [0.15, 0.2) is 6.33 Å². The van der Waals surface area contributed by atoms with E-state index in [1.165, 1.54) is 24.7 Å². The van der Waals surface area contributed by atoms with Crippen LogP contribution in [0.5, 0.6) is 0 Å². The van der Waals surface area contributed by atoms with E-state index in [9.17, 15) is 20.1 Å². The number of fused-ring (bicyclic) bond motifs is 2. The molecule has 12 nitrogen and oxygen atoms in total. The molecule has 4 rings (SSSR count). The number of nitrogen functional groups attached to an aromatic ring is 1. The molecule has 142 valence electrons. The van der Waals surface area contributed by atoms with Gasteiger partial charge in [0.15, 0.2) is 23.8 Å². The molecule has 27 heavy (non-hydrogen) atoms. The SMILES string of the molecule is CC1(C)[C@]2(O)[C@@H](C(O)C(=O)O)O[C@@H](n3cnc4c(N)nc(C#N)nc43)[C@]12O. The van der Waals surface area contributed by atoms with E-state index in [1.807, 2.05) is 0 Å². The summed E-state index contributed by atoms with van der Waals surface area (Å²) in [7, 11) is 0. The highest BCUT2D eigenvalue weighted by molar-refractivity contribution is 5.82. The number of nitriles is 1. The molecule has 2 aromatic rings. The molecule has 0 radical (unpaired) electrons. The van der Waals surface area contributed by atoms with Gasteiger partial charge in [0.1, 0.15) is 28.9 Å². The molecule has 12 heteroatoms. The average Bonchev–Trinajstić information content (AvgIpc) is 2.98. The van der Waals surface area contributed by atoms with Crippen LogP contribution in [-0.2, 0) is 9.53 Å². The molecule has 2 aromatic heterocycles. The lowest BCUT2D eigenvalue weighted by atomic mass is 9.97. The zero-order chi connectivity index (χ0) is 19.9. The Morgan fingerprint density at radius 1 is 1.41 bits per heavy atom. The molecular formula is C15H16N6O6. The third-order valence-electron chi connectivity index (χ3n) is 5.81. The first-order valence-corrected chi connectivity index (χ1v) is 7.93. The molecule has 3 heterocycles. The number of hydrogen-bond donors (Lipinski definition) is 5. The molecule has 0 bridgehead atoms. The second-order valence-electron chi connectivity index (χ2n) is 7.22. The van der Waals surface area contributed by atoms with Crippen molar-refractivity contribution in [1.29, 1.82) is 5.26 Å². The van der Waals surface area contributed by atoms with Gasteiger partial charge in [0, 0.05) is 5.41 Å². The van der Waals surface area contributed by atoms with Gasteiger partial charge in [-0.15, -0.1) is 0 Å². The van der Waals surface area contributed by atoms with Gasteiger partial charge >= 0.3 is 5.97 Å². The zero-order valence-electron chi connectivity index (χ0n) is 14.2. The first kappa shape index (κ1) is 17.6. The third kappa shape index (κ3) is 1.74. The number of aliphatic hydroxyl groups excluding tert-OH is 1. The Morgan fingerprint density at radius 3 is 2.67 bits per heavy atom. The first-order chi connectivity index (χ1) is 12.5. The van der Waals surface area contributed by atoms with Crippen LogP contribution in [0.2, 0.25) is 0 Å². The van der Waals surface area contributed by atoms with Crippen LogP contribution >= 0.6 is 0 Å². The van der Waals surface area contributed by atoms with Gasteiger partial charge in [-0.1, -0.05) is 13.8 Å². The van der Waals surface area contributed by atoms with E-state index < -0.39 is 41.0 Å². The lowest BCUT2D eigenvalue weighted by molar-refractivity contribution is -0.174. The molecule has 0 spiro atoms. The van der Waals surface area contributed by atoms with Gasteiger partial charge in [-0.05, 0) is 0 Å². The summed E-state index contributed by atoms with van der Waals surface area (Å²) in [5.74, 6) is -1.90. The van der Waals surface area contributed by atoms with Crippen molar-refractivity contribution in [2.24, 2.45) is 5.41 Å². The number of carboxylic acids is 1. The standard InChI is InChI=1S/C15H16N6O6/c1-13(2)14(25)8(7(22)11(23)24)27-12(15(13,14)26)21-4-18-6-9(17)19-5(3-16)20-10(6)21/h4,7-8,12,22,25-26H,1-2H3,(H,23,24)(H2,17,19,20)/t7?,8-,12-,14-,15+/m1/s1. The predicted molar refractivity (Wildman–Crippen MR) is 85.7 cm³/mol. The highest BCUT2D eigenvalue weighted by atomic mass is 16.6. The summed E-state index contributed by atoms with van der Waals surface area (Å²) in [6.45, 7) is 3.04. The lowest BCUT2D eigenvalue weighted by Crippen LogP contribution is -2.46. The summed E-state index contributed by atoms with van der Waals surface area (Å²) in [6.07, 6.45) is -3.78. The minimum atomic E-state index is -2.07. The molecule has 1 saturated heterocycles. The number of hydrogen-bond acceptors (Lipinski definition) is 10. The van der Waals surface area contributed by atoms with Gasteiger partial charge in [0.25, 0.3) is 0 Å². The monoisotopic (exact) mass is 376 g/mol. The van der Waals surface area contributed by atoms with E-state index in [1.54, 1.807) is 6.07 Å². The molecular weight excluding hydrogens is 360 g/mol. The Bertz CT molecular complexity index is 1030. The summed E-state index contributed by atoms with van der Waals surface area (Å²) in [5.41, 5.74) is 0.789. The molecule has 1 unspecified atom stereocenters. The van der Waals surface area contributed by atoms with Gasteiger partial charge in [0.05, 0.1) is 6.33 Å². The summed E-state index contributed by atoms with van der Waals surface area (Å²) < 4.78 is 6.80. The minimum absolute atomic E-state index is 0.0623. The maximum absolute atomic E-state index is 11.2. The Kier molecular flexibility index (Phi) is 3.19. The number of rotatable bonds is 3. The van der Waals surface area contributed by atoms with Crippen molar-refractivity contribution >= 4 is 23.0 Å². The van der Waals surface area contributed by atoms with Gasteiger partial charge in [-0.25, -0.2) is 9.78 Å². The summed E-state index contributed by atoms with van der Waals surface area (Å²) in [5, 5.41) is 50.3. The van der Waals surface area contributed by atoms with E-state index in [0.717, 1.165) is 0 Å². The number of imidazole rings is 1. The number of nitrogens with two attached hydrogens (primary N) is 1. The van der Waals surface area contributed by atoms with Crippen molar-refractivity contribution in [1.82, 2.24) is 19.5 Å².